The number of carboxylic acids is 1. The van der Waals surface area contributed by atoms with Crippen molar-refractivity contribution in [1.29, 1.82) is 0 Å². The van der Waals surface area contributed by atoms with Gasteiger partial charge in [0.1, 0.15) is 18.6 Å². The van der Waals surface area contributed by atoms with Gasteiger partial charge in [0.15, 0.2) is 0 Å². The minimum atomic E-state index is -0.856. The Hall–Kier alpha value is -1.39. The van der Waals surface area contributed by atoms with Crippen LogP contribution in [0.5, 0.6) is 0 Å². The van der Waals surface area contributed by atoms with Crippen molar-refractivity contribution >= 4 is 5.97 Å². The van der Waals surface area contributed by atoms with Crippen LogP contribution in [0.4, 0.5) is 0 Å². The van der Waals surface area contributed by atoms with E-state index in [1.165, 1.54) is 19.2 Å². The molecule has 1 saturated carbocycles. The Balaban J connectivity index is 2.05. The van der Waals surface area contributed by atoms with Gasteiger partial charge >= 0.3 is 5.97 Å². The maximum absolute atomic E-state index is 10.4. The second kappa shape index (κ2) is 3.16. The van der Waals surface area contributed by atoms with Crippen molar-refractivity contribution in [2.45, 2.75) is 25.8 Å². The number of hydrogen-bond donors (Lipinski definition) is 1. The van der Waals surface area contributed by atoms with Gasteiger partial charge in [-0.25, -0.2) is 9.67 Å². The van der Waals surface area contributed by atoms with Gasteiger partial charge < -0.3 is 5.11 Å². The van der Waals surface area contributed by atoms with E-state index in [0.717, 1.165) is 6.54 Å². The van der Waals surface area contributed by atoms with Crippen molar-refractivity contribution in [1.82, 2.24) is 14.8 Å². The van der Waals surface area contributed by atoms with Gasteiger partial charge in [-0.15, -0.1) is 0 Å². The maximum Gasteiger partial charge on any atom is 0.311 e. The fraction of sp³-hybridized carbons (Fsp3) is 0.625. The van der Waals surface area contributed by atoms with Gasteiger partial charge in [-0.05, 0) is 18.8 Å². The monoisotopic (exact) mass is 181 g/mol. The molecule has 1 aromatic rings. The van der Waals surface area contributed by atoms with Crippen molar-refractivity contribution in [3.63, 3.8) is 0 Å². The summed E-state index contributed by atoms with van der Waals surface area (Å²) in [6.07, 6.45) is 3.84. The van der Waals surface area contributed by atoms with E-state index in [1.807, 2.05) is 0 Å². The van der Waals surface area contributed by atoms with Crippen molar-refractivity contribution in [3.8, 4) is 0 Å². The number of aliphatic carboxylic acids is 1. The summed E-state index contributed by atoms with van der Waals surface area (Å²) >= 11 is 0. The number of aromatic nitrogens is 3. The zero-order valence-corrected chi connectivity index (χ0v) is 7.18. The summed E-state index contributed by atoms with van der Waals surface area (Å²) in [5.41, 5.74) is 0. The smallest absolute Gasteiger partial charge is 0.311 e. The normalized spacial score (nSPS) is 16.0. The fourth-order valence-corrected chi connectivity index (χ4v) is 1.26. The molecule has 0 unspecified atom stereocenters. The van der Waals surface area contributed by atoms with Crippen LogP contribution in [0.2, 0.25) is 0 Å². The molecule has 70 valence electrons. The molecule has 0 atom stereocenters. The lowest BCUT2D eigenvalue weighted by Gasteiger charge is -2.01. The van der Waals surface area contributed by atoms with E-state index < -0.39 is 5.97 Å². The molecule has 0 saturated heterocycles. The molecular formula is C8H11N3O2. The van der Waals surface area contributed by atoms with Crippen LogP contribution >= 0.6 is 0 Å². The Morgan fingerprint density at radius 1 is 1.69 bits per heavy atom. The van der Waals surface area contributed by atoms with Crippen molar-refractivity contribution in [2.75, 3.05) is 0 Å². The molecule has 0 radical (unpaired) electrons. The van der Waals surface area contributed by atoms with Crippen LogP contribution in [0.3, 0.4) is 0 Å². The molecule has 0 amide bonds. The highest BCUT2D eigenvalue weighted by atomic mass is 16.4. The molecule has 1 N–H and O–H groups in total. The van der Waals surface area contributed by atoms with Crippen LogP contribution in [0.25, 0.3) is 0 Å². The molecule has 1 aromatic heterocycles. The average molecular weight is 181 g/mol. The molecule has 5 heteroatoms. The number of carbonyl (C=O) groups is 1. The second-order valence-electron chi connectivity index (χ2n) is 3.37. The second-order valence-corrected chi connectivity index (χ2v) is 3.37. The van der Waals surface area contributed by atoms with E-state index in [9.17, 15) is 4.79 Å². The molecule has 5 nitrogen and oxygen atoms in total. The molecule has 1 aliphatic rings. The third kappa shape index (κ3) is 2.05. The zero-order chi connectivity index (χ0) is 9.26. The predicted molar refractivity (Wildman–Crippen MR) is 44.1 cm³/mol. The van der Waals surface area contributed by atoms with Crippen LogP contribution in [0, 0.1) is 5.92 Å². The molecule has 1 heterocycles. The van der Waals surface area contributed by atoms with Gasteiger partial charge in [-0.3, -0.25) is 4.79 Å². The van der Waals surface area contributed by atoms with Crippen molar-refractivity contribution < 1.29 is 9.90 Å². The summed E-state index contributed by atoms with van der Waals surface area (Å²) in [6, 6.07) is 0. The topological polar surface area (TPSA) is 68.0 Å². The Bertz CT molecular complexity index is 317. The van der Waals surface area contributed by atoms with Gasteiger partial charge in [0.2, 0.25) is 0 Å². The summed E-state index contributed by atoms with van der Waals surface area (Å²) in [6.45, 7) is 0.822. The number of rotatable bonds is 4. The Morgan fingerprint density at radius 3 is 3.08 bits per heavy atom. The van der Waals surface area contributed by atoms with Gasteiger partial charge in [0.05, 0.1) is 0 Å². The summed E-state index contributed by atoms with van der Waals surface area (Å²) in [5.74, 6) is 0.388. The van der Waals surface area contributed by atoms with Crippen LogP contribution in [-0.4, -0.2) is 25.8 Å². The van der Waals surface area contributed by atoms with Gasteiger partial charge in [-0.2, -0.15) is 5.10 Å². The largest absolute Gasteiger partial charge is 0.481 e. The summed E-state index contributed by atoms with van der Waals surface area (Å²) < 4.78 is 1.70. The van der Waals surface area contributed by atoms with Crippen LogP contribution in [0.15, 0.2) is 6.33 Å². The number of nitrogens with zero attached hydrogens (tertiary/aromatic N) is 3. The van der Waals surface area contributed by atoms with Gasteiger partial charge in [0.25, 0.3) is 0 Å². The van der Waals surface area contributed by atoms with E-state index >= 15 is 0 Å². The first-order valence-corrected chi connectivity index (χ1v) is 4.34. The van der Waals surface area contributed by atoms with E-state index in [0.29, 0.717) is 11.7 Å². The molecule has 0 bridgehead atoms. The summed E-state index contributed by atoms with van der Waals surface area (Å²) in [7, 11) is 0. The zero-order valence-electron chi connectivity index (χ0n) is 7.18. The van der Waals surface area contributed by atoms with E-state index in [1.54, 1.807) is 4.68 Å². The SMILES string of the molecule is O=C(O)Cc1ncnn1CC1CC1. The molecule has 13 heavy (non-hydrogen) atoms. The first kappa shape index (κ1) is 8.22. The van der Waals surface area contributed by atoms with E-state index in [2.05, 4.69) is 10.1 Å². The summed E-state index contributed by atoms with van der Waals surface area (Å²) in [4.78, 5) is 14.3. The van der Waals surface area contributed by atoms with Gasteiger partial charge in [-0.1, -0.05) is 0 Å². The molecule has 1 aliphatic carbocycles. The Labute approximate surface area is 75.4 Å². The highest BCUT2D eigenvalue weighted by Crippen LogP contribution is 2.30. The Morgan fingerprint density at radius 2 is 2.46 bits per heavy atom. The molecule has 2 rings (SSSR count). The van der Waals surface area contributed by atoms with Crippen LogP contribution < -0.4 is 0 Å². The van der Waals surface area contributed by atoms with Crippen LogP contribution in [-0.2, 0) is 17.8 Å². The molecule has 0 aliphatic heterocycles. The number of carboxylic acid groups (broad SMARTS) is 1. The first-order valence-electron chi connectivity index (χ1n) is 4.34. The van der Waals surface area contributed by atoms with E-state index in [4.69, 9.17) is 5.11 Å². The number of hydrogen-bond acceptors (Lipinski definition) is 3. The summed E-state index contributed by atoms with van der Waals surface area (Å²) in [5, 5.41) is 12.6. The minimum Gasteiger partial charge on any atom is -0.481 e. The predicted octanol–water partition coefficient (Wildman–Crippen LogP) is 0.315. The minimum absolute atomic E-state index is 0.0350. The standard InChI is InChI=1S/C8H11N3O2/c12-8(13)3-7-9-5-10-11(7)4-6-1-2-6/h5-6H,1-4H2,(H,12,13). The van der Waals surface area contributed by atoms with Crippen molar-refractivity contribution in [3.05, 3.63) is 12.2 Å². The third-order valence-electron chi connectivity index (χ3n) is 2.13. The highest BCUT2D eigenvalue weighted by Gasteiger charge is 2.23. The fourth-order valence-electron chi connectivity index (χ4n) is 1.26. The lowest BCUT2D eigenvalue weighted by atomic mass is 10.4. The van der Waals surface area contributed by atoms with Crippen molar-refractivity contribution in [2.24, 2.45) is 5.92 Å². The first-order chi connectivity index (χ1) is 6.25. The molecule has 0 spiro atoms. The molecular weight excluding hydrogens is 170 g/mol. The molecule has 1 fully saturated rings. The van der Waals surface area contributed by atoms with Gasteiger partial charge in [0, 0.05) is 6.54 Å². The maximum atomic E-state index is 10.4. The average Bonchev–Trinajstić information content (AvgIpc) is 2.75. The lowest BCUT2D eigenvalue weighted by molar-refractivity contribution is -0.136. The van der Waals surface area contributed by atoms with E-state index in [-0.39, 0.29) is 6.42 Å². The third-order valence-corrected chi connectivity index (χ3v) is 2.13. The quantitative estimate of drug-likeness (QED) is 0.726. The van der Waals surface area contributed by atoms with Crippen LogP contribution in [0.1, 0.15) is 18.7 Å². The lowest BCUT2D eigenvalue weighted by Crippen LogP contribution is -2.11. The Kier molecular flexibility index (Phi) is 2.00. The highest BCUT2D eigenvalue weighted by molar-refractivity contribution is 5.68. The molecule has 0 aromatic carbocycles.